The summed E-state index contributed by atoms with van der Waals surface area (Å²) in [6.45, 7) is 5.86. The molecule has 0 saturated heterocycles. The van der Waals surface area contributed by atoms with Gasteiger partial charge in [-0.25, -0.2) is 4.79 Å². The first-order chi connectivity index (χ1) is 12.4. The molecule has 0 saturated carbocycles. The first-order valence-electron chi connectivity index (χ1n) is 9.09. The third kappa shape index (κ3) is 4.69. The van der Waals surface area contributed by atoms with Crippen LogP contribution in [-0.4, -0.2) is 48.0 Å². The van der Waals surface area contributed by atoms with Gasteiger partial charge < -0.3 is 9.47 Å². The third-order valence-corrected chi connectivity index (χ3v) is 4.34. The number of hydrogen-bond donors (Lipinski definition) is 0. The van der Waals surface area contributed by atoms with Gasteiger partial charge in [0.1, 0.15) is 6.61 Å². The average molecular weight is 361 g/mol. The molecule has 26 heavy (non-hydrogen) atoms. The first kappa shape index (κ1) is 20.1. The molecule has 0 unspecified atom stereocenters. The Bertz CT molecular complexity index is 633. The smallest absolute Gasteiger partial charge is 0.332 e. The van der Waals surface area contributed by atoms with Crippen molar-refractivity contribution >= 4 is 17.8 Å². The van der Waals surface area contributed by atoms with Gasteiger partial charge in [0.05, 0.1) is 29.9 Å². The standard InChI is InChI=1S/C20H27NO5/c1-4-5-6-9-12-26-17(22)13-25-14-20(2,3)21-18(23)15-10-7-8-11-16(15)19(21)24/h7-8,10-11H,4-6,9,12-14H2,1-3H3. The van der Waals surface area contributed by atoms with Crippen LogP contribution in [0.25, 0.3) is 0 Å². The highest BCUT2D eigenvalue weighted by molar-refractivity contribution is 6.21. The van der Waals surface area contributed by atoms with E-state index >= 15 is 0 Å². The highest BCUT2D eigenvalue weighted by atomic mass is 16.6. The molecule has 6 heteroatoms. The molecule has 0 aliphatic carbocycles. The molecule has 1 aromatic rings. The Morgan fingerprint density at radius 2 is 1.65 bits per heavy atom. The molecule has 2 amide bonds. The Morgan fingerprint density at radius 1 is 1.04 bits per heavy atom. The fourth-order valence-electron chi connectivity index (χ4n) is 2.94. The number of esters is 1. The summed E-state index contributed by atoms with van der Waals surface area (Å²) in [7, 11) is 0. The Morgan fingerprint density at radius 3 is 2.23 bits per heavy atom. The molecule has 1 aliphatic heterocycles. The molecule has 0 bridgehead atoms. The molecule has 1 aromatic carbocycles. The molecule has 6 nitrogen and oxygen atoms in total. The number of nitrogens with zero attached hydrogens (tertiary/aromatic N) is 1. The van der Waals surface area contributed by atoms with Crippen molar-refractivity contribution in [2.75, 3.05) is 19.8 Å². The average Bonchev–Trinajstić information content (AvgIpc) is 2.86. The Labute approximate surface area is 154 Å². The number of imide groups is 1. The number of unbranched alkanes of at least 4 members (excludes halogenated alkanes) is 3. The van der Waals surface area contributed by atoms with Crippen molar-refractivity contribution in [3.63, 3.8) is 0 Å². The van der Waals surface area contributed by atoms with Crippen molar-refractivity contribution in [1.29, 1.82) is 0 Å². The number of carbonyl (C=O) groups excluding carboxylic acids is 3. The normalized spacial score (nSPS) is 13.9. The quantitative estimate of drug-likeness (QED) is 0.363. The number of carbonyl (C=O) groups is 3. The van der Waals surface area contributed by atoms with E-state index in [2.05, 4.69) is 6.92 Å². The minimum atomic E-state index is -0.866. The van der Waals surface area contributed by atoms with Crippen molar-refractivity contribution in [3.8, 4) is 0 Å². The monoisotopic (exact) mass is 361 g/mol. The lowest BCUT2D eigenvalue weighted by Gasteiger charge is -2.33. The van der Waals surface area contributed by atoms with E-state index in [1.807, 2.05) is 0 Å². The number of benzene rings is 1. The Balaban J connectivity index is 1.81. The van der Waals surface area contributed by atoms with Crippen LogP contribution in [0, 0.1) is 0 Å². The van der Waals surface area contributed by atoms with Gasteiger partial charge in [-0.2, -0.15) is 0 Å². The number of fused-ring (bicyclic) bond motifs is 1. The van der Waals surface area contributed by atoms with Gasteiger partial charge in [0, 0.05) is 0 Å². The second-order valence-electron chi connectivity index (χ2n) is 7.08. The van der Waals surface area contributed by atoms with Crippen LogP contribution in [0.4, 0.5) is 0 Å². The summed E-state index contributed by atoms with van der Waals surface area (Å²) in [5.41, 5.74) is -0.0664. The molecular weight excluding hydrogens is 334 g/mol. The number of ether oxygens (including phenoxy) is 2. The van der Waals surface area contributed by atoms with Gasteiger partial charge in [0.2, 0.25) is 0 Å². The lowest BCUT2D eigenvalue weighted by Crippen LogP contribution is -2.50. The first-order valence-corrected chi connectivity index (χ1v) is 9.09. The van der Waals surface area contributed by atoms with Gasteiger partial charge in [-0.3, -0.25) is 14.5 Å². The Kier molecular flexibility index (Phi) is 6.91. The summed E-state index contributed by atoms with van der Waals surface area (Å²) in [6, 6.07) is 6.74. The van der Waals surface area contributed by atoms with E-state index in [9.17, 15) is 14.4 Å². The van der Waals surface area contributed by atoms with Crippen LogP contribution >= 0.6 is 0 Å². The van der Waals surface area contributed by atoms with Gasteiger partial charge in [-0.1, -0.05) is 38.3 Å². The minimum absolute atomic E-state index is 0.0589. The van der Waals surface area contributed by atoms with E-state index in [4.69, 9.17) is 9.47 Å². The van der Waals surface area contributed by atoms with Gasteiger partial charge in [-0.15, -0.1) is 0 Å². The molecule has 1 aliphatic rings. The van der Waals surface area contributed by atoms with Crippen molar-refractivity contribution in [2.24, 2.45) is 0 Å². The molecule has 0 N–H and O–H groups in total. The highest BCUT2D eigenvalue weighted by Gasteiger charge is 2.44. The molecule has 1 heterocycles. The summed E-state index contributed by atoms with van der Waals surface area (Å²) in [5.74, 6) is -1.10. The van der Waals surface area contributed by atoms with Gasteiger partial charge in [0.25, 0.3) is 11.8 Å². The van der Waals surface area contributed by atoms with Gasteiger partial charge in [0.15, 0.2) is 0 Å². The van der Waals surface area contributed by atoms with Gasteiger partial charge in [-0.05, 0) is 32.4 Å². The van der Waals surface area contributed by atoms with E-state index in [1.54, 1.807) is 38.1 Å². The van der Waals surface area contributed by atoms with Crippen molar-refractivity contribution in [1.82, 2.24) is 4.90 Å². The molecule has 0 aromatic heterocycles. The lowest BCUT2D eigenvalue weighted by atomic mass is 10.0. The largest absolute Gasteiger partial charge is 0.464 e. The molecule has 0 radical (unpaired) electrons. The van der Waals surface area contributed by atoms with Crippen LogP contribution in [0.2, 0.25) is 0 Å². The topological polar surface area (TPSA) is 72.9 Å². The molecule has 2 rings (SSSR count). The van der Waals surface area contributed by atoms with E-state index in [-0.39, 0.29) is 25.0 Å². The van der Waals surface area contributed by atoms with E-state index < -0.39 is 11.5 Å². The SMILES string of the molecule is CCCCCCOC(=O)COCC(C)(C)N1C(=O)c2ccccc2C1=O. The lowest BCUT2D eigenvalue weighted by molar-refractivity contribution is -0.150. The molecule has 0 atom stereocenters. The van der Waals surface area contributed by atoms with Crippen LogP contribution in [0.5, 0.6) is 0 Å². The number of amides is 2. The van der Waals surface area contributed by atoms with Crippen molar-refractivity contribution < 1.29 is 23.9 Å². The maximum absolute atomic E-state index is 12.5. The second kappa shape index (κ2) is 8.94. The summed E-state index contributed by atoms with van der Waals surface area (Å²) in [4.78, 5) is 38.0. The fraction of sp³-hybridized carbons (Fsp3) is 0.550. The summed E-state index contributed by atoms with van der Waals surface area (Å²) in [6.07, 6.45) is 4.14. The van der Waals surface area contributed by atoms with Crippen LogP contribution in [0.3, 0.4) is 0 Å². The van der Waals surface area contributed by atoms with Crippen LogP contribution in [-0.2, 0) is 14.3 Å². The summed E-state index contributed by atoms with van der Waals surface area (Å²) < 4.78 is 10.5. The second-order valence-corrected chi connectivity index (χ2v) is 7.08. The molecule has 0 spiro atoms. The van der Waals surface area contributed by atoms with Crippen LogP contribution in [0.15, 0.2) is 24.3 Å². The number of rotatable bonds is 10. The molecule has 0 fully saturated rings. The highest BCUT2D eigenvalue weighted by Crippen LogP contribution is 2.29. The van der Waals surface area contributed by atoms with Gasteiger partial charge >= 0.3 is 5.97 Å². The zero-order valence-corrected chi connectivity index (χ0v) is 15.7. The van der Waals surface area contributed by atoms with E-state index in [1.165, 1.54) is 4.90 Å². The number of hydrogen-bond acceptors (Lipinski definition) is 5. The maximum atomic E-state index is 12.5. The predicted octanol–water partition coefficient (Wildman–Crippen LogP) is 3.20. The summed E-state index contributed by atoms with van der Waals surface area (Å²) in [5, 5.41) is 0. The Hall–Kier alpha value is -2.21. The minimum Gasteiger partial charge on any atom is -0.464 e. The molecule has 142 valence electrons. The molecular formula is C20H27NO5. The third-order valence-electron chi connectivity index (χ3n) is 4.34. The van der Waals surface area contributed by atoms with E-state index in [0.29, 0.717) is 17.7 Å². The summed E-state index contributed by atoms with van der Waals surface area (Å²) >= 11 is 0. The van der Waals surface area contributed by atoms with Crippen molar-refractivity contribution in [3.05, 3.63) is 35.4 Å². The predicted molar refractivity (Wildman–Crippen MR) is 96.9 cm³/mol. The zero-order chi connectivity index (χ0) is 19.2. The fourth-order valence-corrected chi connectivity index (χ4v) is 2.94. The van der Waals surface area contributed by atoms with E-state index in [0.717, 1.165) is 25.7 Å². The van der Waals surface area contributed by atoms with Crippen LogP contribution < -0.4 is 0 Å². The van der Waals surface area contributed by atoms with Crippen molar-refractivity contribution in [2.45, 2.75) is 52.0 Å². The zero-order valence-electron chi connectivity index (χ0n) is 15.7. The maximum Gasteiger partial charge on any atom is 0.332 e. The van der Waals surface area contributed by atoms with Crippen LogP contribution in [0.1, 0.15) is 67.2 Å².